The Hall–Kier alpha value is -1.06. The number of aliphatic hydroxyl groups excluding tert-OH is 7. The van der Waals surface area contributed by atoms with Gasteiger partial charge in [0.2, 0.25) is 0 Å². The molecule has 0 fully saturated rings. The van der Waals surface area contributed by atoms with Crippen molar-refractivity contribution >= 4 is 0 Å². The van der Waals surface area contributed by atoms with Crippen LogP contribution in [0.3, 0.4) is 0 Å². The zero-order valence-electron chi connectivity index (χ0n) is 10.9. The molecule has 0 aromatic heterocycles. The molecule has 1 rings (SSSR count). The van der Waals surface area contributed by atoms with Crippen molar-refractivity contribution in [2.45, 2.75) is 31.0 Å². The Morgan fingerprint density at radius 1 is 0.700 bits per heavy atom. The van der Waals surface area contributed by atoms with E-state index in [9.17, 15) is 0 Å². The smallest absolute Gasteiger partial charge is 0.111 e. The molecule has 1 aromatic rings. The molecule has 0 saturated carbocycles. The second kappa shape index (κ2) is 10.7. The van der Waals surface area contributed by atoms with E-state index < -0.39 is 37.6 Å². The second-order valence-corrected chi connectivity index (χ2v) is 4.12. The monoisotopic (exact) mass is 290 g/mol. The third-order valence-corrected chi connectivity index (χ3v) is 2.54. The minimum atomic E-state index is -1.67. The fourth-order valence-electron chi connectivity index (χ4n) is 1.25. The molecule has 0 amide bonds. The van der Waals surface area contributed by atoms with Gasteiger partial charge in [0.25, 0.3) is 0 Å². The van der Waals surface area contributed by atoms with Gasteiger partial charge >= 0.3 is 0 Å². The highest BCUT2D eigenvalue weighted by molar-refractivity contribution is 5.12. The van der Waals surface area contributed by atoms with Gasteiger partial charge in [-0.1, -0.05) is 30.3 Å². The Labute approximate surface area is 117 Å². The zero-order valence-corrected chi connectivity index (χ0v) is 10.9. The summed E-state index contributed by atoms with van der Waals surface area (Å²) in [4.78, 5) is 0. The van der Waals surface area contributed by atoms with Crippen LogP contribution in [-0.2, 0) is 6.61 Å². The highest BCUT2D eigenvalue weighted by atomic mass is 16.4. The van der Waals surface area contributed by atoms with E-state index in [1.165, 1.54) is 0 Å². The summed E-state index contributed by atoms with van der Waals surface area (Å²) in [7, 11) is 0. The van der Waals surface area contributed by atoms with Crippen LogP contribution >= 0.6 is 0 Å². The van der Waals surface area contributed by atoms with Crippen molar-refractivity contribution in [2.75, 3.05) is 13.2 Å². The molecule has 20 heavy (non-hydrogen) atoms. The van der Waals surface area contributed by atoms with Crippen LogP contribution in [0.25, 0.3) is 0 Å². The maximum absolute atomic E-state index is 8.96. The molecule has 0 heterocycles. The minimum absolute atomic E-state index is 0.140. The molecule has 7 N–H and O–H groups in total. The number of aliphatic hydroxyl groups is 7. The summed E-state index contributed by atoms with van der Waals surface area (Å²) in [6, 6.07) is 9.52. The van der Waals surface area contributed by atoms with E-state index in [-0.39, 0.29) is 6.61 Å². The highest BCUT2D eigenvalue weighted by Gasteiger charge is 2.29. The van der Waals surface area contributed by atoms with Gasteiger partial charge in [-0.3, -0.25) is 0 Å². The fraction of sp³-hybridized carbons (Fsp3) is 0.538. The Kier molecular flexibility index (Phi) is 10.1. The van der Waals surface area contributed by atoms with E-state index in [0.29, 0.717) is 0 Å². The summed E-state index contributed by atoms with van der Waals surface area (Å²) in [5.41, 5.74) is 0.965. The van der Waals surface area contributed by atoms with Gasteiger partial charge in [0.15, 0.2) is 0 Å². The number of rotatable bonds is 6. The Balaban J connectivity index is 0.000000388. The lowest BCUT2D eigenvalue weighted by Crippen LogP contribution is -2.46. The average molecular weight is 290 g/mol. The lowest BCUT2D eigenvalue weighted by molar-refractivity contribution is -0.123. The van der Waals surface area contributed by atoms with Crippen molar-refractivity contribution < 1.29 is 35.7 Å². The molecule has 0 aliphatic heterocycles. The quantitative estimate of drug-likeness (QED) is 0.309. The first-order valence-corrected chi connectivity index (χ1v) is 6.06. The predicted molar refractivity (Wildman–Crippen MR) is 70.6 cm³/mol. The summed E-state index contributed by atoms with van der Waals surface area (Å²) < 4.78 is 0. The van der Waals surface area contributed by atoms with Crippen molar-refractivity contribution in [1.29, 1.82) is 0 Å². The topological polar surface area (TPSA) is 142 Å². The maximum atomic E-state index is 8.96. The van der Waals surface area contributed by atoms with Crippen molar-refractivity contribution in [3.8, 4) is 0 Å². The summed E-state index contributed by atoms with van der Waals surface area (Å²) >= 11 is 0. The molecule has 4 atom stereocenters. The first kappa shape index (κ1) is 18.9. The van der Waals surface area contributed by atoms with E-state index in [0.717, 1.165) is 5.56 Å². The Morgan fingerprint density at radius 2 is 1.10 bits per heavy atom. The average Bonchev–Trinajstić information content (AvgIpc) is 2.53. The van der Waals surface area contributed by atoms with Crippen LogP contribution in [0, 0.1) is 0 Å². The van der Waals surface area contributed by atoms with Crippen molar-refractivity contribution in [1.82, 2.24) is 0 Å². The molecular weight excluding hydrogens is 268 g/mol. The predicted octanol–water partition coefficient (Wildman–Crippen LogP) is -2.41. The lowest BCUT2D eigenvalue weighted by Gasteiger charge is -2.24. The van der Waals surface area contributed by atoms with Crippen LogP contribution in [0.2, 0.25) is 0 Å². The van der Waals surface area contributed by atoms with Crippen LogP contribution in [0.15, 0.2) is 30.3 Å². The molecule has 1 aromatic carbocycles. The van der Waals surface area contributed by atoms with E-state index in [1.54, 1.807) is 0 Å². The third kappa shape index (κ3) is 6.92. The normalized spacial score (nSPS) is 16.6. The van der Waals surface area contributed by atoms with Crippen LogP contribution in [0.1, 0.15) is 5.56 Å². The molecule has 0 aliphatic rings. The van der Waals surface area contributed by atoms with Crippen LogP contribution in [0.4, 0.5) is 0 Å². The van der Waals surface area contributed by atoms with Crippen molar-refractivity contribution in [3.05, 3.63) is 35.9 Å². The standard InChI is InChI=1S/C7H8O.C6H14O6/c8-6-7-4-2-1-3-5-7;7-1-3(9)5(11)6(12)4(10)2-8/h1-5,8H,6H2;3-12H,1-2H2. The van der Waals surface area contributed by atoms with Gasteiger partial charge in [-0.25, -0.2) is 0 Å². The minimum Gasteiger partial charge on any atom is -0.394 e. The van der Waals surface area contributed by atoms with Gasteiger partial charge in [-0.05, 0) is 5.56 Å². The summed E-state index contributed by atoms with van der Waals surface area (Å²) in [6.45, 7) is -1.31. The summed E-state index contributed by atoms with van der Waals surface area (Å²) in [5.74, 6) is 0. The second-order valence-electron chi connectivity index (χ2n) is 4.12. The molecule has 116 valence electrons. The molecule has 0 bridgehead atoms. The summed E-state index contributed by atoms with van der Waals surface area (Å²) in [5, 5.41) is 60.7. The lowest BCUT2D eigenvalue weighted by atomic mass is 10.0. The molecule has 7 heteroatoms. The van der Waals surface area contributed by atoms with E-state index in [2.05, 4.69) is 0 Å². The first-order valence-electron chi connectivity index (χ1n) is 6.06. The van der Waals surface area contributed by atoms with Gasteiger partial charge in [0.1, 0.15) is 24.4 Å². The van der Waals surface area contributed by atoms with Crippen molar-refractivity contribution in [2.24, 2.45) is 0 Å². The third-order valence-electron chi connectivity index (χ3n) is 2.54. The van der Waals surface area contributed by atoms with E-state index in [1.807, 2.05) is 30.3 Å². The van der Waals surface area contributed by atoms with Crippen molar-refractivity contribution in [3.63, 3.8) is 0 Å². The van der Waals surface area contributed by atoms with Gasteiger partial charge in [-0.2, -0.15) is 0 Å². The SMILES string of the molecule is OCC(O)C(O)C(O)C(O)CO.OCc1ccccc1. The fourth-order valence-corrected chi connectivity index (χ4v) is 1.25. The van der Waals surface area contributed by atoms with Gasteiger partial charge < -0.3 is 35.7 Å². The molecule has 0 spiro atoms. The van der Waals surface area contributed by atoms with Crippen LogP contribution in [-0.4, -0.2) is 73.4 Å². The Morgan fingerprint density at radius 3 is 1.35 bits per heavy atom. The van der Waals surface area contributed by atoms with E-state index >= 15 is 0 Å². The molecule has 0 radical (unpaired) electrons. The highest BCUT2D eigenvalue weighted by Crippen LogP contribution is 2.04. The zero-order chi connectivity index (χ0) is 15.5. The number of benzene rings is 1. The Bertz CT molecular complexity index is 319. The van der Waals surface area contributed by atoms with Gasteiger partial charge in [-0.15, -0.1) is 0 Å². The molecular formula is C13H22O7. The molecule has 0 aliphatic carbocycles. The summed E-state index contributed by atoms with van der Waals surface area (Å²) in [6.07, 6.45) is -6.39. The van der Waals surface area contributed by atoms with Gasteiger partial charge in [0.05, 0.1) is 19.8 Å². The molecule has 7 nitrogen and oxygen atoms in total. The van der Waals surface area contributed by atoms with Gasteiger partial charge in [0, 0.05) is 0 Å². The first-order chi connectivity index (χ1) is 9.47. The van der Waals surface area contributed by atoms with Crippen LogP contribution in [0.5, 0.6) is 0 Å². The number of hydrogen-bond acceptors (Lipinski definition) is 7. The molecule has 0 saturated heterocycles. The van der Waals surface area contributed by atoms with E-state index in [4.69, 9.17) is 35.7 Å². The van der Waals surface area contributed by atoms with Crippen LogP contribution < -0.4 is 0 Å². The number of hydrogen-bond donors (Lipinski definition) is 7. The largest absolute Gasteiger partial charge is 0.394 e. The maximum Gasteiger partial charge on any atom is 0.111 e. The molecule has 4 unspecified atom stereocenters.